The van der Waals surface area contributed by atoms with Crippen molar-refractivity contribution in [2.24, 2.45) is 5.73 Å². The van der Waals surface area contributed by atoms with Crippen LogP contribution in [0.25, 0.3) is 0 Å². The number of primary amides is 1. The highest BCUT2D eigenvalue weighted by molar-refractivity contribution is 6.30. The van der Waals surface area contributed by atoms with Crippen LogP contribution in [0.4, 0.5) is 10.5 Å². The minimum atomic E-state index is -0.541. The normalized spacial score (nSPS) is 9.83. The Morgan fingerprint density at radius 1 is 1.17 bits per heavy atom. The van der Waals surface area contributed by atoms with Gasteiger partial charge in [0.15, 0.2) is 0 Å². The molecule has 18 heavy (non-hydrogen) atoms. The van der Waals surface area contributed by atoms with Gasteiger partial charge in [0.25, 0.3) is 0 Å². The highest BCUT2D eigenvalue weighted by atomic mass is 35.5. The van der Waals surface area contributed by atoms with Crippen molar-refractivity contribution in [2.45, 2.75) is 19.3 Å². The highest BCUT2D eigenvalue weighted by Crippen LogP contribution is 2.13. The van der Waals surface area contributed by atoms with Gasteiger partial charge in [-0.15, -0.1) is 0 Å². The molecule has 0 aromatic heterocycles. The maximum atomic E-state index is 11.5. The second-order valence-electron chi connectivity index (χ2n) is 3.80. The number of carbonyl (C=O) groups excluding carboxylic acids is 2. The van der Waals surface area contributed by atoms with Gasteiger partial charge in [-0.1, -0.05) is 11.6 Å². The fraction of sp³-hybridized carbons (Fsp3) is 0.333. The van der Waals surface area contributed by atoms with E-state index in [1.54, 1.807) is 24.3 Å². The monoisotopic (exact) mass is 269 g/mol. The lowest BCUT2D eigenvalue weighted by Crippen LogP contribution is -2.30. The van der Waals surface area contributed by atoms with Crippen molar-refractivity contribution in [1.82, 2.24) is 5.32 Å². The van der Waals surface area contributed by atoms with Crippen molar-refractivity contribution in [3.63, 3.8) is 0 Å². The molecule has 0 heterocycles. The number of hydrogen-bond acceptors (Lipinski definition) is 2. The summed E-state index contributed by atoms with van der Waals surface area (Å²) in [6, 6.07) is 6.38. The standard InChI is InChI=1S/C12H16ClN3O2/c13-9-4-6-10(7-5-9)16-11(17)3-1-2-8-15-12(14)18/h4-7H,1-3,8H2,(H,16,17)(H3,14,15,18). The van der Waals surface area contributed by atoms with Gasteiger partial charge in [0.1, 0.15) is 0 Å². The molecular weight excluding hydrogens is 254 g/mol. The topological polar surface area (TPSA) is 84.2 Å². The molecule has 0 aliphatic carbocycles. The average Bonchev–Trinajstić information content (AvgIpc) is 2.31. The number of benzene rings is 1. The molecule has 0 aliphatic rings. The summed E-state index contributed by atoms with van der Waals surface area (Å²) in [5, 5.41) is 5.86. The van der Waals surface area contributed by atoms with Crippen molar-refractivity contribution in [3.05, 3.63) is 29.3 Å². The van der Waals surface area contributed by atoms with Crippen LogP contribution in [-0.2, 0) is 4.79 Å². The molecule has 98 valence electrons. The second kappa shape index (κ2) is 7.55. The molecule has 0 radical (unpaired) electrons. The van der Waals surface area contributed by atoms with Gasteiger partial charge in [-0.05, 0) is 37.1 Å². The van der Waals surface area contributed by atoms with Gasteiger partial charge < -0.3 is 16.4 Å². The summed E-state index contributed by atoms with van der Waals surface area (Å²) in [6.45, 7) is 0.490. The van der Waals surface area contributed by atoms with Gasteiger partial charge in [0, 0.05) is 23.7 Å². The van der Waals surface area contributed by atoms with E-state index in [-0.39, 0.29) is 5.91 Å². The van der Waals surface area contributed by atoms with Crippen LogP contribution in [0.1, 0.15) is 19.3 Å². The first-order valence-corrected chi connectivity index (χ1v) is 6.04. The molecule has 0 saturated heterocycles. The summed E-state index contributed by atoms with van der Waals surface area (Å²) in [4.78, 5) is 21.9. The summed E-state index contributed by atoms with van der Waals surface area (Å²) in [5.74, 6) is -0.0589. The van der Waals surface area contributed by atoms with E-state index in [2.05, 4.69) is 10.6 Å². The van der Waals surface area contributed by atoms with E-state index < -0.39 is 6.03 Å². The number of carbonyl (C=O) groups is 2. The number of nitrogens with two attached hydrogens (primary N) is 1. The molecule has 1 rings (SSSR count). The molecule has 4 N–H and O–H groups in total. The zero-order chi connectivity index (χ0) is 13.4. The molecule has 0 unspecified atom stereocenters. The van der Waals surface area contributed by atoms with Crippen LogP contribution in [0.5, 0.6) is 0 Å². The van der Waals surface area contributed by atoms with Crippen LogP contribution >= 0.6 is 11.6 Å². The highest BCUT2D eigenvalue weighted by Gasteiger charge is 2.02. The minimum absolute atomic E-state index is 0.0589. The Hall–Kier alpha value is -1.75. The van der Waals surface area contributed by atoms with Gasteiger partial charge in [-0.3, -0.25) is 4.79 Å². The van der Waals surface area contributed by atoms with Gasteiger partial charge in [0.2, 0.25) is 5.91 Å². The predicted octanol–water partition coefficient (Wildman–Crippen LogP) is 2.12. The number of nitrogens with one attached hydrogen (secondary N) is 2. The van der Waals surface area contributed by atoms with Crippen LogP contribution in [0.3, 0.4) is 0 Å². The number of anilines is 1. The molecule has 0 atom stereocenters. The third-order valence-corrected chi connectivity index (χ3v) is 2.51. The smallest absolute Gasteiger partial charge is 0.312 e. The first-order valence-electron chi connectivity index (χ1n) is 5.66. The molecule has 0 fully saturated rings. The lowest BCUT2D eigenvalue weighted by atomic mass is 10.2. The zero-order valence-corrected chi connectivity index (χ0v) is 10.7. The lowest BCUT2D eigenvalue weighted by Gasteiger charge is -2.05. The quantitative estimate of drug-likeness (QED) is 0.691. The van der Waals surface area contributed by atoms with Crippen molar-refractivity contribution in [2.75, 3.05) is 11.9 Å². The van der Waals surface area contributed by atoms with E-state index in [1.165, 1.54) is 0 Å². The Morgan fingerprint density at radius 3 is 2.44 bits per heavy atom. The number of unbranched alkanes of at least 4 members (excludes halogenated alkanes) is 1. The van der Waals surface area contributed by atoms with Gasteiger partial charge in [-0.2, -0.15) is 0 Å². The molecule has 0 bridgehead atoms. The maximum absolute atomic E-state index is 11.5. The summed E-state index contributed by atoms with van der Waals surface area (Å²) in [5.41, 5.74) is 5.63. The molecule has 3 amide bonds. The third kappa shape index (κ3) is 6.10. The molecule has 1 aromatic rings. The van der Waals surface area contributed by atoms with Crippen molar-refractivity contribution >= 4 is 29.2 Å². The number of rotatable bonds is 6. The molecule has 1 aromatic carbocycles. The van der Waals surface area contributed by atoms with E-state index in [0.717, 1.165) is 12.1 Å². The average molecular weight is 270 g/mol. The van der Waals surface area contributed by atoms with Crippen LogP contribution in [0.15, 0.2) is 24.3 Å². The van der Waals surface area contributed by atoms with Crippen LogP contribution in [-0.4, -0.2) is 18.5 Å². The Kier molecular flexibility index (Phi) is 6.00. The fourth-order valence-corrected chi connectivity index (χ4v) is 1.50. The van der Waals surface area contributed by atoms with Crippen molar-refractivity contribution < 1.29 is 9.59 Å². The van der Waals surface area contributed by atoms with Crippen LogP contribution in [0, 0.1) is 0 Å². The minimum Gasteiger partial charge on any atom is -0.352 e. The Bertz CT molecular complexity index is 406. The number of halogens is 1. The summed E-state index contributed by atoms with van der Waals surface area (Å²) in [7, 11) is 0. The van der Waals surface area contributed by atoms with Crippen LogP contribution in [0.2, 0.25) is 5.02 Å². The number of urea groups is 1. The van der Waals surface area contributed by atoms with Crippen LogP contribution < -0.4 is 16.4 Å². The molecule has 5 nitrogen and oxygen atoms in total. The fourth-order valence-electron chi connectivity index (χ4n) is 1.38. The summed E-state index contributed by atoms with van der Waals surface area (Å²) >= 11 is 5.73. The predicted molar refractivity (Wildman–Crippen MR) is 71.5 cm³/mol. The maximum Gasteiger partial charge on any atom is 0.312 e. The Labute approximate surface area is 111 Å². The molecular formula is C12H16ClN3O2. The number of amides is 3. The van der Waals surface area contributed by atoms with Crippen molar-refractivity contribution in [1.29, 1.82) is 0 Å². The molecule has 0 aliphatic heterocycles. The van der Waals surface area contributed by atoms with E-state index in [0.29, 0.717) is 24.4 Å². The zero-order valence-electron chi connectivity index (χ0n) is 9.91. The Morgan fingerprint density at radius 2 is 1.83 bits per heavy atom. The molecule has 6 heteroatoms. The summed E-state index contributed by atoms with van der Waals surface area (Å²) in [6.07, 6.45) is 1.82. The SMILES string of the molecule is NC(=O)NCCCCC(=O)Nc1ccc(Cl)cc1. The van der Waals surface area contributed by atoms with E-state index in [4.69, 9.17) is 17.3 Å². The second-order valence-corrected chi connectivity index (χ2v) is 4.24. The first kappa shape index (κ1) is 14.3. The molecule has 0 spiro atoms. The Balaban J connectivity index is 2.17. The lowest BCUT2D eigenvalue weighted by molar-refractivity contribution is -0.116. The first-order chi connectivity index (χ1) is 8.58. The van der Waals surface area contributed by atoms with E-state index in [9.17, 15) is 9.59 Å². The van der Waals surface area contributed by atoms with E-state index in [1.807, 2.05) is 0 Å². The van der Waals surface area contributed by atoms with E-state index >= 15 is 0 Å². The van der Waals surface area contributed by atoms with Crippen molar-refractivity contribution in [3.8, 4) is 0 Å². The largest absolute Gasteiger partial charge is 0.352 e. The molecule has 0 saturated carbocycles. The summed E-state index contributed by atoms with van der Waals surface area (Å²) < 4.78 is 0. The third-order valence-electron chi connectivity index (χ3n) is 2.26. The number of hydrogen-bond donors (Lipinski definition) is 3. The van der Waals surface area contributed by atoms with Gasteiger partial charge >= 0.3 is 6.03 Å². The van der Waals surface area contributed by atoms with Gasteiger partial charge in [-0.25, -0.2) is 4.79 Å². The van der Waals surface area contributed by atoms with Gasteiger partial charge in [0.05, 0.1) is 0 Å².